The van der Waals surface area contributed by atoms with Gasteiger partial charge in [0, 0.05) is 12.3 Å². The largest absolute Gasteiger partial charge is 0.488 e. The number of aromatic nitrogens is 1. The molecule has 0 aliphatic carbocycles. The van der Waals surface area contributed by atoms with Crippen LogP contribution in [0.2, 0.25) is 5.02 Å². The molecule has 2 rings (SSSR count). The molecule has 0 bridgehead atoms. The van der Waals surface area contributed by atoms with Gasteiger partial charge in [0.15, 0.2) is 11.6 Å². The van der Waals surface area contributed by atoms with E-state index in [4.69, 9.17) is 16.3 Å². The molecule has 1 aromatic rings. The molecule has 3 nitrogen and oxygen atoms in total. The van der Waals surface area contributed by atoms with Crippen molar-refractivity contribution in [2.75, 3.05) is 18.5 Å². The first-order valence-electron chi connectivity index (χ1n) is 3.38. The van der Waals surface area contributed by atoms with Crippen LogP contribution >= 0.6 is 11.6 Å². The molecule has 0 spiro atoms. The van der Waals surface area contributed by atoms with Crippen molar-refractivity contribution in [3.63, 3.8) is 0 Å². The number of nitrogens with one attached hydrogen (secondary N) is 1. The molecular weight excluding hydrogens is 164 g/mol. The molecule has 1 aromatic heterocycles. The van der Waals surface area contributed by atoms with Crippen LogP contribution in [0.3, 0.4) is 0 Å². The van der Waals surface area contributed by atoms with E-state index >= 15 is 0 Å². The first kappa shape index (κ1) is 6.73. The number of hydrogen-bond donors (Lipinski definition) is 1. The molecule has 0 saturated heterocycles. The molecule has 0 radical (unpaired) electrons. The van der Waals surface area contributed by atoms with E-state index in [1.54, 1.807) is 12.3 Å². The quantitative estimate of drug-likeness (QED) is 0.642. The van der Waals surface area contributed by atoms with Gasteiger partial charge in [-0.25, -0.2) is 4.98 Å². The van der Waals surface area contributed by atoms with Crippen LogP contribution in [0.25, 0.3) is 0 Å². The number of rotatable bonds is 0. The van der Waals surface area contributed by atoms with Gasteiger partial charge in [0.2, 0.25) is 0 Å². The average Bonchev–Trinajstić information content (AvgIpc) is 2.04. The van der Waals surface area contributed by atoms with Gasteiger partial charge in [-0.15, -0.1) is 0 Å². The summed E-state index contributed by atoms with van der Waals surface area (Å²) in [5, 5.41) is 3.70. The van der Waals surface area contributed by atoms with Crippen LogP contribution in [0.15, 0.2) is 12.3 Å². The van der Waals surface area contributed by atoms with E-state index in [9.17, 15) is 0 Å². The van der Waals surface area contributed by atoms with Crippen molar-refractivity contribution in [2.45, 2.75) is 0 Å². The van der Waals surface area contributed by atoms with E-state index in [1.807, 2.05) is 0 Å². The second kappa shape index (κ2) is 2.58. The summed E-state index contributed by atoms with van der Waals surface area (Å²) in [7, 11) is 0. The Hall–Kier alpha value is -0.960. The third-order valence-electron chi connectivity index (χ3n) is 1.47. The minimum atomic E-state index is 0.604. The number of hydrogen-bond acceptors (Lipinski definition) is 3. The number of halogens is 1. The molecule has 0 amide bonds. The topological polar surface area (TPSA) is 34.1 Å². The molecule has 2 heterocycles. The van der Waals surface area contributed by atoms with Crippen molar-refractivity contribution in [1.29, 1.82) is 0 Å². The Bertz CT molecular complexity index is 277. The summed E-state index contributed by atoms with van der Waals surface area (Å²) in [5.74, 6) is 1.52. The van der Waals surface area contributed by atoms with Crippen molar-refractivity contribution >= 4 is 17.4 Å². The summed E-state index contributed by atoms with van der Waals surface area (Å²) in [6.45, 7) is 1.48. The number of anilines is 1. The summed E-state index contributed by atoms with van der Waals surface area (Å²) in [4.78, 5) is 4.05. The maximum atomic E-state index is 5.71. The Labute approximate surface area is 69.3 Å². The summed E-state index contributed by atoms with van der Waals surface area (Å²) < 4.78 is 5.29. The zero-order valence-corrected chi connectivity index (χ0v) is 6.56. The molecule has 58 valence electrons. The van der Waals surface area contributed by atoms with Gasteiger partial charge in [0.25, 0.3) is 0 Å². The van der Waals surface area contributed by atoms with Crippen LogP contribution in [-0.4, -0.2) is 18.1 Å². The summed E-state index contributed by atoms with van der Waals surface area (Å²) in [5.41, 5.74) is 0. The highest BCUT2D eigenvalue weighted by atomic mass is 35.5. The van der Waals surface area contributed by atoms with E-state index in [1.165, 1.54) is 0 Å². The van der Waals surface area contributed by atoms with Crippen molar-refractivity contribution in [3.8, 4) is 5.75 Å². The van der Waals surface area contributed by atoms with Crippen molar-refractivity contribution < 1.29 is 4.74 Å². The van der Waals surface area contributed by atoms with Crippen molar-refractivity contribution in [1.82, 2.24) is 4.98 Å². The van der Waals surface area contributed by atoms with Gasteiger partial charge in [-0.05, 0) is 0 Å². The van der Waals surface area contributed by atoms with Crippen molar-refractivity contribution in [3.05, 3.63) is 17.3 Å². The van der Waals surface area contributed by atoms with Crippen LogP contribution in [-0.2, 0) is 0 Å². The Morgan fingerprint density at radius 3 is 3.45 bits per heavy atom. The second-order valence-electron chi connectivity index (χ2n) is 2.28. The number of fused-ring (bicyclic) bond motifs is 1. The maximum absolute atomic E-state index is 5.71. The number of nitrogens with zero attached hydrogens (tertiary/aromatic N) is 1. The fourth-order valence-electron chi connectivity index (χ4n) is 0.994. The normalized spacial score (nSPS) is 14.6. The number of pyridine rings is 1. The van der Waals surface area contributed by atoms with E-state index in [0.717, 1.165) is 18.1 Å². The van der Waals surface area contributed by atoms with E-state index < -0.39 is 0 Å². The summed E-state index contributed by atoms with van der Waals surface area (Å²) in [6, 6.07) is 1.76. The summed E-state index contributed by atoms with van der Waals surface area (Å²) in [6.07, 6.45) is 1.60. The third kappa shape index (κ3) is 1.24. The first-order chi connectivity index (χ1) is 5.36. The molecule has 1 aliphatic rings. The van der Waals surface area contributed by atoms with Crippen molar-refractivity contribution in [2.24, 2.45) is 0 Å². The molecule has 0 unspecified atom stereocenters. The van der Waals surface area contributed by atoms with Crippen LogP contribution in [0.4, 0.5) is 5.82 Å². The zero-order valence-electron chi connectivity index (χ0n) is 5.80. The van der Waals surface area contributed by atoms with E-state index in [0.29, 0.717) is 11.6 Å². The minimum absolute atomic E-state index is 0.604. The SMILES string of the molecule is Clc1cnc2c(c1)OCCN2. The molecule has 4 heteroatoms. The van der Waals surface area contributed by atoms with Gasteiger partial charge in [0.1, 0.15) is 6.61 Å². The molecule has 1 N–H and O–H groups in total. The molecule has 0 aromatic carbocycles. The highest BCUT2D eigenvalue weighted by Gasteiger charge is 2.09. The monoisotopic (exact) mass is 170 g/mol. The predicted molar refractivity (Wildman–Crippen MR) is 43.2 cm³/mol. The first-order valence-corrected chi connectivity index (χ1v) is 3.76. The molecule has 1 aliphatic heterocycles. The smallest absolute Gasteiger partial charge is 0.168 e. The Kier molecular flexibility index (Phi) is 1.58. The summed E-state index contributed by atoms with van der Waals surface area (Å²) >= 11 is 5.71. The van der Waals surface area contributed by atoms with Crippen LogP contribution < -0.4 is 10.1 Å². The lowest BCUT2D eigenvalue weighted by Crippen LogP contribution is -2.18. The molecule has 11 heavy (non-hydrogen) atoms. The third-order valence-corrected chi connectivity index (χ3v) is 1.68. The Morgan fingerprint density at radius 2 is 2.55 bits per heavy atom. The fraction of sp³-hybridized carbons (Fsp3) is 0.286. The molecule has 0 saturated carbocycles. The molecular formula is C7H7ClN2O. The van der Waals surface area contributed by atoms with Crippen LogP contribution in [0, 0.1) is 0 Å². The maximum Gasteiger partial charge on any atom is 0.168 e. The van der Waals surface area contributed by atoms with Gasteiger partial charge >= 0.3 is 0 Å². The van der Waals surface area contributed by atoms with E-state index in [-0.39, 0.29) is 0 Å². The Balaban J connectivity index is 2.43. The fourth-order valence-corrected chi connectivity index (χ4v) is 1.14. The van der Waals surface area contributed by atoms with E-state index in [2.05, 4.69) is 10.3 Å². The average molecular weight is 171 g/mol. The predicted octanol–water partition coefficient (Wildman–Crippen LogP) is 1.54. The lowest BCUT2D eigenvalue weighted by atomic mass is 10.4. The van der Waals surface area contributed by atoms with Gasteiger partial charge in [-0.1, -0.05) is 11.6 Å². The second-order valence-corrected chi connectivity index (χ2v) is 2.71. The standard InChI is InChI=1S/C7H7ClN2O/c8-5-3-6-7(10-4-5)9-1-2-11-6/h3-4H,1-2H2,(H,9,10). The molecule has 0 atom stereocenters. The number of ether oxygens (including phenoxy) is 1. The highest BCUT2D eigenvalue weighted by Crippen LogP contribution is 2.26. The minimum Gasteiger partial charge on any atom is -0.488 e. The molecule has 0 fully saturated rings. The van der Waals surface area contributed by atoms with Gasteiger partial charge < -0.3 is 10.1 Å². The lowest BCUT2D eigenvalue weighted by molar-refractivity contribution is 0.321. The Morgan fingerprint density at radius 1 is 1.64 bits per heavy atom. The lowest BCUT2D eigenvalue weighted by Gasteiger charge is -2.17. The van der Waals surface area contributed by atoms with Gasteiger partial charge in [-0.2, -0.15) is 0 Å². The van der Waals surface area contributed by atoms with Gasteiger partial charge in [0.05, 0.1) is 11.6 Å². The highest BCUT2D eigenvalue weighted by molar-refractivity contribution is 6.30. The van der Waals surface area contributed by atoms with Gasteiger partial charge in [-0.3, -0.25) is 0 Å². The van der Waals surface area contributed by atoms with Crippen LogP contribution in [0.1, 0.15) is 0 Å². The van der Waals surface area contributed by atoms with Crippen LogP contribution in [0.5, 0.6) is 5.75 Å². The zero-order chi connectivity index (χ0) is 7.68.